The molecule has 1 aromatic carbocycles. The van der Waals surface area contributed by atoms with E-state index in [2.05, 4.69) is 18.8 Å². The number of amides is 1. The number of pyridine rings is 1. The van der Waals surface area contributed by atoms with E-state index in [1.54, 1.807) is 12.4 Å². The first-order valence-corrected chi connectivity index (χ1v) is 8.73. The summed E-state index contributed by atoms with van der Waals surface area (Å²) in [5, 5.41) is 0.724. The second kappa shape index (κ2) is 8.84. The van der Waals surface area contributed by atoms with Crippen LogP contribution >= 0.6 is 11.6 Å². The second-order valence-electron chi connectivity index (χ2n) is 6.53. The lowest BCUT2D eigenvalue weighted by Gasteiger charge is -2.24. The number of carbonyl (C=O) groups excluding carboxylic acids is 1. The standard InChI is InChI=1S/C20H25ClN2O/c1-15(2)19(17-4-6-18(21)7-5-17)14-20(24)23(3)13-10-16-8-11-22-12-9-16/h4-9,11-12,15,19H,10,13-14H2,1-3H3. The summed E-state index contributed by atoms with van der Waals surface area (Å²) < 4.78 is 0. The van der Waals surface area contributed by atoms with Gasteiger partial charge in [0.25, 0.3) is 0 Å². The summed E-state index contributed by atoms with van der Waals surface area (Å²) in [6, 6.07) is 11.8. The van der Waals surface area contributed by atoms with Crippen LogP contribution in [0.1, 0.15) is 37.3 Å². The van der Waals surface area contributed by atoms with Gasteiger partial charge in [-0.3, -0.25) is 9.78 Å². The molecule has 0 aliphatic heterocycles. The largest absolute Gasteiger partial charge is 0.345 e. The fourth-order valence-corrected chi connectivity index (χ4v) is 2.89. The molecule has 1 amide bonds. The average molecular weight is 345 g/mol. The molecule has 1 aromatic heterocycles. The number of benzene rings is 1. The van der Waals surface area contributed by atoms with Gasteiger partial charge in [0.05, 0.1) is 0 Å². The van der Waals surface area contributed by atoms with Crippen molar-refractivity contribution >= 4 is 17.5 Å². The molecule has 0 fully saturated rings. The van der Waals surface area contributed by atoms with E-state index in [9.17, 15) is 4.79 Å². The first-order valence-electron chi connectivity index (χ1n) is 8.35. The molecule has 128 valence electrons. The van der Waals surface area contributed by atoms with Crippen LogP contribution in [0.4, 0.5) is 0 Å². The lowest BCUT2D eigenvalue weighted by atomic mass is 9.85. The summed E-state index contributed by atoms with van der Waals surface area (Å²) in [6.45, 7) is 5.03. The Bertz CT molecular complexity index is 640. The highest BCUT2D eigenvalue weighted by atomic mass is 35.5. The van der Waals surface area contributed by atoms with Gasteiger partial charge in [-0.1, -0.05) is 37.6 Å². The van der Waals surface area contributed by atoms with Crippen molar-refractivity contribution in [2.75, 3.05) is 13.6 Å². The van der Waals surface area contributed by atoms with Crippen molar-refractivity contribution in [3.63, 3.8) is 0 Å². The Morgan fingerprint density at radius 2 is 1.75 bits per heavy atom. The van der Waals surface area contributed by atoms with Gasteiger partial charge < -0.3 is 4.90 Å². The molecule has 1 unspecified atom stereocenters. The third-order valence-electron chi connectivity index (χ3n) is 4.41. The Morgan fingerprint density at radius 1 is 1.12 bits per heavy atom. The number of carbonyl (C=O) groups is 1. The molecule has 0 saturated heterocycles. The maximum atomic E-state index is 12.6. The third-order valence-corrected chi connectivity index (χ3v) is 4.66. The number of nitrogens with zero attached hydrogens (tertiary/aromatic N) is 2. The number of likely N-dealkylation sites (N-methyl/N-ethyl adjacent to an activating group) is 1. The first kappa shape index (κ1) is 18.5. The zero-order valence-corrected chi connectivity index (χ0v) is 15.3. The molecule has 2 aromatic rings. The topological polar surface area (TPSA) is 33.2 Å². The van der Waals surface area contributed by atoms with Gasteiger partial charge in [-0.2, -0.15) is 0 Å². The Hall–Kier alpha value is -1.87. The van der Waals surface area contributed by atoms with Crippen LogP contribution < -0.4 is 0 Å². The van der Waals surface area contributed by atoms with Crippen LogP contribution in [0.5, 0.6) is 0 Å². The molecule has 1 atom stereocenters. The fraction of sp³-hybridized carbons (Fsp3) is 0.400. The highest BCUT2D eigenvalue weighted by molar-refractivity contribution is 6.30. The lowest BCUT2D eigenvalue weighted by Crippen LogP contribution is -2.30. The van der Waals surface area contributed by atoms with Gasteiger partial charge in [-0.25, -0.2) is 0 Å². The van der Waals surface area contributed by atoms with Crippen molar-refractivity contribution in [2.24, 2.45) is 5.92 Å². The van der Waals surface area contributed by atoms with Crippen molar-refractivity contribution in [2.45, 2.75) is 32.6 Å². The van der Waals surface area contributed by atoms with Crippen molar-refractivity contribution in [1.82, 2.24) is 9.88 Å². The Kier molecular flexibility index (Phi) is 6.80. The highest BCUT2D eigenvalue weighted by Crippen LogP contribution is 2.29. The zero-order chi connectivity index (χ0) is 17.5. The second-order valence-corrected chi connectivity index (χ2v) is 6.96. The Balaban J connectivity index is 1.95. The van der Waals surface area contributed by atoms with E-state index in [1.165, 1.54) is 11.1 Å². The summed E-state index contributed by atoms with van der Waals surface area (Å²) in [6.07, 6.45) is 4.93. The van der Waals surface area contributed by atoms with Gasteiger partial charge in [-0.05, 0) is 53.6 Å². The molecule has 4 heteroatoms. The van der Waals surface area contributed by atoms with Crippen LogP contribution in [0.25, 0.3) is 0 Å². The molecule has 3 nitrogen and oxygen atoms in total. The van der Waals surface area contributed by atoms with E-state index in [1.807, 2.05) is 48.3 Å². The molecule has 1 heterocycles. The van der Waals surface area contributed by atoms with E-state index in [0.29, 0.717) is 18.9 Å². The third kappa shape index (κ3) is 5.34. The molecule has 0 aliphatic rings. The summed E-state index contributed by atoms with van der Waals surface area (Å²) in [5.74, 6) is 0.777. The minimum absolute atomic E-state index is 0.178. The molecule has 0 bridgehead atoms. The van der Waals surface area contributed by atoms with Crippen LogP contribution in [0, 0.1) is 5.92 Å². The molecule has 2 rings (SSSR count). The average Bonchev–Trinajstić information content (AvgIpc) is 2.59. The maximum absolute atomic E-state index is 12.6. The molecular formula is C20H25ClN2O. The Morgan fingerprint density at radius 3 is 2.33 bits per heavy atom. The van der Waals surface area contributed by atoms with Gasteiger partial charge >= 0.3 is 0 Å². The fourth-order valence-electron chi connectivity index (χ4n) is 2.76. The van der Waals surface area contributed by atoms with Crippen LogP contribution in [0.15, 0.2) is 48.8 Å². The predicted octanol–water partition coefficient (Wildman–Crippen LogP) is 4.57. The van der Waals surface area contributed by atoms with Crippen molar-refractivity contribution in [3.8, 4) is 0 Å². The van der Waals surface area contributed by atoms with E-state index in [0.717, 1.165) is 11.4 Å². The smallest absolute Gasteiger partial charge is 0.222 e. The molecule has 0 N–H and O–H groups in total. The van der Waals surface area contributed by atoms with E-state index < -0.39 is 0 Å². The minimum Gasteiger partial charge on any atom is -0.345 e. The van der Waals surface area contributed by atoms with Crippen LogP contribution in [0.2, 0.25) is 5.02 Å². The molecule has 0 aliphatic carbocycles. The molecular weight excluding hydrogens is 320 g/mol. The van der Waals surface area contributed by atoms with Crippen LogP contribution in [-0.2, 0) is 11.2 Å². The number of hydrogen-bond acceptors (Lipinski definition) is 2. The zero-order valence-electron chi connectivity index (χ0n) is 14.6. The van der Waals surface area contributed by atoms with Gasteiger partial charge in [0.15, 0.2) is 0 Å². The molecule has 24 heavy (non-hydrogen) atoms. The number of hydrogen-bond donors (Lipinski definition) is 0. The molecule has 0 radical (unpaired) electrons. The Labute approximate surface area is 149 Å². The summed E-state index contributed by atoms with van der Waals surface area (Å²) in [7, 11) is 1.88. The quantitative estimate of drug-likeness (QED) is 0.737. The van der Waals surface area contributed by atoms with Gasteiger partial charge in [-0.15, -0.1) is 0 Å². The summed E-state index contributed by atoms with van der Waals surface area (Å²) in [4.78, 5) is 18.4. The monoisotopic (exact) mass is 344 g/mol. The number of aromatic nitrogens is 1. The minimum atomic E-state index is 0.178. The van der Waals surface area contributed by atoms with Crippen molar-refractivity contribution in [1.29, 1.82) is 0 Å². The van der Waals surface area contributed by atoms with Crippen LogP contribution in [-0.4, -0.2) is 29.4 Å². The number of halogens is 1. The summed E-state index contributed by atoms with van der Waals surface area (Å²) in [5.41, 5.74) is 2.37. The lowest BCUT2D eigenvalue weighted by molar-refractivity contribution is -0.130. The predicted molar refractivity (Wildman–Crippen MR) is 99.2 cm³/mol. The van der Waals surface area contributed by atoms with Crippen molar-refractivity contribution < 1.29 is 4.79 Å². The normalized spacial score (nSPS) is 12.2. The molecule has 0 spiro atoms. The maximum Gasteiger partial charge on any atom is 0.222 e. The highest BCUT2D eigenvalue weighted by Gasteiger charge is 2.21. The van der Waals surface area contributed by atoms with E-state index in [-0.39, 0.29) is 11.8 Å². The van der Waals surface area contributed by atoms with Gasteiger partial charge in [0.1, 0.15) is 0 Å². The SMILES string of the molecule is CC(C)C(CC(=O)N(C)CCc1ccncc1)c1ccc(Cl)cc1. The van der Waals surface area contributed by atoms with Crippen molar-refractivity contribution in [3.05, 3.63) is 64.9 Å². The van der Waals surface area contributed by atoms with E-state index >= 15 is 0 Å². The van der Waals surface area contributed by atoms with E-state index in [4.69, 9.17) is 11.6 Å². The number of rotatable bonds is 7. The van der Waals surface area contributed by atoms with Crippen LogP contribution in [0.3, 0.4) is 0 Å². The first-order chi connectivity index (χ1) is 11.5. The van der Waals surface area contributed by atoms with Gasteiger partial charge in [0, 0.05) is 37.4 Å². The van der Waals surface area contributed by atoms with Gasteiger partial charge in [0.2, 0.25) is 5.91 Å². The summed E-state index contributed by atoms with van der Waals surface area (Å²) >= 11 is 5.97. The molecule has 0 saturated carbocycles.